The number of amidine groups is 1. The molecule has 2 unspecified atom stereocenters. The maximum Gasteiger partial charge on any atom is 0.174 e. The lowest BCUT2D eigenvalue weighted by molar-refractivity contribution is -0.0106. The molecule has 2 atom stereocenters. The van der Waals surface area contributed by atoms with Gasteiger partial charge < -0.3 is 25.7 Å². The monoisotopic (exact) mass is 295 g/mol. The number of morpholine rings is 1. The van der Waals surface area contributed by atoms with Crippen LogP contribution >= 0.6 is 0 Å². The molecule has 2 heterocycles. The van der Waals surface area contributed by atoms with Crippen LogP contribution in [0.1, 0.15) is 23.7 Å². The number of aliphatic hydroxyl groups excluding tert-OH is 1. The zero-order chi connectivity index (χ0) is 15.6. The number of hydrogen-bond acceptors (Lipinski definition) is 7. The zero-order valence-corrected chi connectivity index (χ0v) is 12.4. The summed E-state index contributed by atoms with van der Waals surface area (Å²) in [5, 5.41) is 29.8. The molecule has 4 N–H and O–H groups in total. The number of nitrogens with two attached hydrogens (primary N) is 1. The summed E-state index contributed by atoms with van der Waals surface area (Å²) in [5.41, 5.74) is 7.91. The van der Waals surface area contributed by atoms with Crippen molar-refractivity contribution in [2.24, 2.45) is 10.9 Å². The van der Waals surface area contributed by atoms with E-state index in [-0.39, 0.29) is 24.6 Å². The summed E-state index contributed by atoms with van der Waals surface area (Å²) in [6.45, 7) is 6.53. The van der Waals surface area contributed by atoms with E-state index in [2.05, 4.69) is 15.4 Å². The van der Waals surface area contributed by atoms with E-state index in [0.29, 0.717) is 24.5 Å². The summed E-state index contributed by atoms with van der Waals surface area (Å²) in [6.07, 6.45) is -0.287. The second kappa shape index (κ2) is 6.23. The molecule has 1 aromatic heterocycles. The molecule has 1 aliphatic heterocycles. The van der Waals surface area contributed by atoms with Gasteiger partial charge in [0.25, 0.3) is 0 Å². The molecule has 1 aliphatic rings. The fourth-order valence-corrected chi connectivity index (χ4v) is 2.38. The average molecular weight is 295 g/mol. The number of ether oxygens (including phenoxy) is 1. The van der Waals surface area contributed by atoms with Gasteiger partial charge in [-0.05, 0) is 26.3 Å². The first-order valence-corrected chi connectivity index (χ1v) is 6.80. The quantitative estimate of drug-likeness (QED) is 0.305. The van der Waals surface area contributed by atoms with Gasteiger partial charge in [-0.1, -0.05) is 5.16 Å². The molecular weight excluding hydrogens is 274 g/mol. The van der Waals surface area contributed by atoms with Crippen LogP contribution in [0.4, 0.5) is 5.82 Å². The first-order chi connectivity index (χ1) is 9.99. The van der Waals surface area contributed by atoms with Crippen LogP contribution in [0.3, 0.4) is 0 Å². The Hall–Kier alpha value is -1.93. The third-order valence-electron chi connectivity index (χ3n) is 3.78. The van der Waals surface area contributed by atoms with Crippen molar-refractivity contribution in [3.8, 4) is 0 Å². The molecule has 1 aromatic rings. The van der Waals surface area contributed by atoms with E-state index >= 15 is 0 Å². The summed E-state index contributed by atoms with van der Waals surface area (Å²) >= 11 is 0. The zero-order valence-electron chi connectivity index (χ0n) is 12.4. The van der Waals surface area contributed by atoms with Crippen molar-refractivity contribution in [1.29, 1.82) is 0 Å². The molecule has 0 bridgehead atoms. The summed E-state index contributed by atoms with van der Waals surface area (Å²) in [7, 11) is 0. The Morgan fingerprint density at radius 1 is 1.48 bits per heavy atom. The van der Waals surface area contributed by atoms with Gasteiger partial charge in [0.1, 0.15) is 0 Å². The number of hydrogen-bond donors (Lipinski definition) is 3. The van der Waals surface area contributed by atoms with Crippen LogP contribution in [0.2, 0.25) is 0 Å². The summed E-state index contributed by atoms with van der Waals surface area (Å²) in [6, 6.07) is 0.0504. The number of aromatic nitrogens is 2. The van der Waals surface area contributed by atoms with Gasteiger partial charge in [-0.3, -0.25) is 0 Å². The van der Waals surface area contributed by atoms with Gasteiger partial charge in [-0.15, -0.1) is 5.10 Å². The van der Waals surface area contributed by atoms with Gasteiger partial charge in [0.2, 0.25) is 0 Å². The lowest BCUT2D eigenvalue weighted by Crippen LogP contribution is -2.50. The molecule has 0 aliphatic carbocycles. The maximum absolute atomic E-state index is 9.29. The molecule has 0 aromatic carbocycles. The smallest absolute Gasteiger partial charge is 0.174 e. The number of rotatable bonds is 3. The number of aliphatic hydroxyl groups is 1. The van der Waals surface area contributed by atoms with Crippen molar-refractivity contribution >= 4 is 11.7 Å². The fourth-order valence-electron chi connectivity index (χ4n) is 2.38. The van der Waals surface area contributed by atoms with Crippen LogP contribution in [-0.4, -0.2) is 58.3 Å². The van der Waals surface area contributed by atoms with Crippen molar-refractivity contribution in [2.45, 2.75) is 32.9 Å². The fraction of sp³-hybridized carbons (Fsp3) is 0.615. The van der Waals surface area contributed by atoms with Crippen LogP contribution in [0.25, 0.3) is 0 Å². The minimum absolute atomic E-state index is 0.000240. The standard InChI is InChI=1S/C13H21N5O3/c1-7-6-21-10(5-19)4-18(7)13-11(12(14)17-20)8(2)9(3)15-16-13/h7,10,19-20H,4-6H2,1-3H3,(H2,14,17). The van der Waals surface area contributed by atoms with Crippen LogP contribution in [0, 0.1) is 13.8 Å². The molecule has 0 radical (unpaired) electrons. The minimum Gasteiger partial charge on any atom is -0.409 e. The minimum atomic E-state index is -0.287. The summed E-state index contributed by atoms with van der Waals surface area (Å²) in [5.74, 6) is 0.544. The third kappa shape index (κ3) is 2.91. The largest absolute Gasteiger partial charge is 0.409 e. The predicted molar refractivity (Wildman–Crippen MR) is 77.7 cm³/mol. The van der Waals surface area contributed by atoms with E-state index in [1.54, 1.807) is 0 Å². The molecule has 116 valence electrons. The maximum atomic E-state index is 9.29. The first kappa shape index (κ1) is 15.5. The van der Waals surface area contributed by atoms with Gasteiger partial charge in [0.15, 0.2) is 11.7 Å². The van der Waals surface area contributed by atoms with E-state index in [4.69, 9.17) is 15.7 Å². The average Bonchev–Trinajstić information content (AvgIpc) is 2.50. The van der Waals surface area contributed by atoms with E-state index in [1.807, 2.05) is 25.7 Å². The third-order valence-corrected chi connectivity index (χ3v) is 3.78. The van der Waals surface area contributed by atoms with Crippen molar-refractivity contribution in [1.82, 2.24) is 10.2 Å². The van der Waals surface area contributed by atoms with E-state index in [1.165, 1.54) is 0 Å². The normalized spacial score (nSPS) is 23.4. The Morgan fingerprint density at radius 2 is 2.19 bits per heavy atom. The molecule has 1 fully saturated rings. The van der Waals surface area contributed by atoms with Crippen molar-refractivity contribution in [3.05, 3.63) is 16.8 Å². The second-order valence-corrected chi connectivity index (χ2v) is 5.23. The molecule has 21 heavy (non-hydrogen) atoms. The molecule has 0 amide bonds. The van der Waals surface area contributed by atoms with Crippen LogP contribution in [-0.2, 0) is 4.74 Å². The molecule has 0 saturated carbocycles. The van der Waals surface area contributed by atoms with Crippen molar-refractivity contribution < 1.29 is 15.1 Å². The first-order valence-electron chi connectivity index (χ1n) is 6.80. The lowest BCUT2D eigenvalue weighted by Gasteiger charge is -2.38. The highest BCUT2D eigenvalue weighted by molar-refractivity contribution is 6.02. The van der Waals surface area contributed by atoms with Crippen molar-refractivity contribution in [3.63, 3.8) is 0 Å². The number of oxime groups is 1. The summed E-state index contributed by atoms with van der Waals surface area (Å²) in [4.78, 5) is 1.97. The Labute approximate surface area is 123 Å². The number of anilines is 1. The highest BCUT2D eigenvalue weighted by Gasteiger charge is 2.30. The number of nitrogens with zero attached hydrogens (tertiary/aromatic N) is 4. The molecule has 8 heteroatoms. The Balaban J connectivity index is 2.49. The Bertz CT molecular complexity index is 549. The highest BCUT2D eigenvalue weighted by Crippen LogP contribution is 2.26. The van der Waals surface area contributed by atoms with Gasteiger partial charge in [0, 0.05) is 6.54 Å². The molecule has 1 saturated heterocycles. The highest BCUT2D eigenvalue weighted by atomic mass is 16.5. The number of aryl methyl sites for hydroxylation is 1. The van der Waals surface area contributed by atoms with Crippen LogP contribution < -0.4 is 10.6 Å². The lowest BCUT2D eigenvalue weighted by atomic mass is 10.1. The second-order valence-electron chi connectivity index (χ2n) is 5.23. The molecule has 0 spiro atoms. The topological polar surface area (TPSA) is 117 Å². The van der Waals surface area contributed by atoms with Crippen LogP contribution in [0.5, 0.6) is 0 Å². The van der Waals surface area contributed by atoms with Gasteiger partial charge >= 0.3 is 0 Å². The van der Waals surface area contributed by atoms with E-state index in [9.17, 15) is 5.11 Å². The summed E-state index contributed by atoms with van der Waals surface area (Å²) < 4.78 is 5.52. The molecule has 2 rings (SSSR count). The predicted octanol–water partition coefficient (Wildman–Crippen LogP) is -0.226. The van der Waals surface area contributed by atoms with Gasteiger partial charge in [-0.2, -0.15) is 5.10 Å². The molecule has 8 nitrogen and oxygen atoms in total. The van der Waals surface area contributed by atoms with Gasteiger partial charge in [0.05, 0.1) is 36.6 Å². The van der Waals surface area contributed by atoms with E-state index < -0.39 is 0 Å². The Kier molecular flexibility index (Phi) is 4.59. The molecular formula is C13H21N5O3. The van der Waals surface area contributed by atoms with Crippen molar-refractivity contribution in [2.75, 3.05) is 24.7 Å². The van der Waals surface area contributed by atoms with E-state index in [0.717, 1.165) is 11.3 Å². The Morgan fingerprint density at radius 3 is 2.81 bits per heavy atom. The SMILES string of the molecule is Cc1nnc(N2CC(CO)OCC2C)c(C(N)=NO)c1C. The van der Waals surface area contributed by atoms with Gasteiger partial charge in [-0.25, -0.2) is 0 Å². The van der Waals surface area contributed by atoms with Crippen LogP contribution in [0.15, 0.2) is 5.16 Å².